The normalized spacial score (nSPS) is 10.5. The van der Waals surface area contributed by atoms with Gasteiger partial charge in [0.05, 0.1) is 0 Å². The Morgan fingerprint density at radius 2 is 1.75 bits per heavy atom. The molecule has 1 aromatic heterocycles. The van der Waals surface area contributed by atoms with Crippen LogP contribution in [0.2, 0.25) is 0 Å². The van der Waals surface area contributed by atoms with E-state index in [4.69, 9.17) is 4.74 Å². The van der Waals surface area contributed by atoms with Crippen molar-refractivity contribution in [1.82, 2.24) is 10.3 Å². The molecule has 3 rings (SSSR count). The lowest BCUT2D eigenvalue weighted by Gasteiger charge is -2.08. The van der Waals surface area contributed by atoms with Crippen LogP contribution in [0, 0.1) is 5.82 Å². The van der Waals surface area contributed by atoms with Crippen LogP contribution < -0.4 is 10.1 Å². The molecule has 0 atom stereocenters. The van der Waals surface area contributed by atoms with Gasteiger partial charge in [-0.3, -0.25) is 9.78 Å². The molecule has 28 heavy (non-hydrogen) atoms. The molecule has 5 heteroatoms. The largest absolute Gasteiger partial charge is 0.489 e. The molecule has 0 unspecified atom stereocenters. The molecular weight excluding hydrogens is 355 g/mol. The first kappa shape index (κ1) is 19.5. The van der Waals surface area contributed by atoms with Crippen molar-refractivity contribution in [2.75, 3.05) is 0 Å². The van der Waals surface area contributed by atoms with E-state index in [1.165, 1.54) is 12.1 Å². The summed E-state index contributed by atoms with van der Waals surface area (Å²) in [4.78, 5) is 15.9. The average Bonchev–Trinajstić information content (AvgIpc) is 2.72. The summed E-state index contributed by atoms with van der Waals surface area (Å²) < 4.78 is 18.9. The van der Waals surface area contributed by atoms with Gasteiger partial charge in [0.1, 0.15) is 18.2 Å². The van der Waals surface area contributed by atoms with Crippen molar-refractivity contribution in [2.24, 2.45) is 0 Å². The molecule has 0 aliphatic rings. The van der Waals surface area contributed by atoms with Gasteiger partial charge in [-0.25, -0.2) is 4.39 Å². The summed E-state index contributed by atoms with van der Waals surface area (Å²) >= 11 is 0. The van der Waals surface area contributed by atoms with Crippen molar-refractivity contribution >= 4 is 5.91 Å². The molecule has 144 valence electrons. The van der Waals surface area contributed by atoms with Gasteiger partial charge in [-0.2, -0.15) is 0 Å². The highest BCUT2D eigenvalue weighted by Crippen LogP contribution is 2.16. The first-order chi connectivity index (χ1) is 13.7. The summed E-state index contributed by atoms with van der Waals surface area (Å²) in [6.07, 6.45) is 5.53. The molecule has 0 fully saturated rings. The number of nitrogens with zero attached hydrogens (tertiary/aromatic N) is 1. The smallest absolute Gasteiger partial charge is 0.220 e. The molecule has 3 aromatic rings. The summed E-state index contributed by atoms with van der Waals surface area (Å²) in [5.74, 6) is 0.524. The van der Waals surface area contributed by atoms with Crippen LogP contribution in [0.25, 0.3) is 0 Å². The Balaban J connectivity index is 1.36. The van der Waals surface area contributed by atoms with Gasteiger partial charge in [0.15, 0.2) is 0 Å². The lowest BCUT2D eigenvalue weighted by molar-refractivity contribution is -0.121. The fourth-order valence-corrected chi connectivity index (χ4v) is 2.79. The zero-order chi connectivity index (χ0) is 19.6. The Labute approximate surface area is 164 Å². The van der Waals surface area contributed by atoms with Crippen molar-refractivity contribution < 1.29 is 13.9 Å². The van der Waals surface area contributed by atoms with Crippen molar-refractivity contribution in [1.29, 1.82) is 0 Å². The summed E-state index contributed by atoms with van der Waals surface area (Å²) in [6.45, 7) is 0.855. The van der Waals surface area contributed by atoms with Crippen LogP contribution in [0.1, 0.15) is 29.5 Å². The SMILES string of the molecule is O=C(CCCc1ccc(OCc2cccc(F)c2)cc1)NCc1ccncc1. The van der Waals surface area contributed by atoms with E-state index in [1.807, 2.05) is 42.5 Å². The zero-order valence-corrected chi connectivity index (χ0v) is 15.6. The van der Waals surface area contributed by atoms with Crippen LogP contribution in [-0.2, 0) is 24.4 Å². The van der Waals surface area contributed by atoms with E-state index in [0.717, 1.165) is 35.3 Å². The number of aryl methyl sites for hydroxylation is 1. The Hall–Kier alpha value is -3.21. The van der Waals surface area contributed by atoms with Crippen molar-refractivity contribution in [3.05, 3.63) is 95.6 Å². The number of benzene rings is 2. The van der Waals surface area contributed by atoms with Crippen LogP contribution in [0.15, 0.2) is 73.1 Å². The summed E-state index contributed by atoms with van der Waals surface area (Å²) in [5.41, 5.74) is 2.99. The fourth-order valence-electron chi connectivity index (χ4n) is 2.79. The molecule has 0 spiro atoms. The monoisotopic (exact) mass is 378 g/mol. The van der Waals surface area contributed by atoms with Crippen molar-refractivity contribution in [3.63, 3.8) is 0 Å². The van der Waals surface area contributed by atoms with Crippen LogP contribution in [0.5, 0.6) is 5.75 Å². The standard InChI is InChI=1S/C23H23FN2O2/c24-21-5-1-4-20(15-21)17-28-22-9-7-18(8-10-22)3-2-6-23(27)26-16-19-11-13-25-14-12-19/h1,4-5,7-15H,2-3,6,16-17H2,(H,26,27). The highest BCUT2D eigenvalue weighted by Gasteiger charge is 2.03. The molecule has 0 saturated carbocycles. The minimum Gasteiger partial charge on any atom is -0.489 e. The van der Waals surface area contributed by atoms with Crippen LogP contribution in [-0.4, -0.2) is 10.9 Å². The van der Waals surface area contributed by atoms with E-state index in [2.05, 4.69) is 10.3 Å². The maximum absolute atomic E-state index is 13.2. The molecule has 1 N–H and O–H groups in total. The number of carbonyl (C=O) groups excluding carboxylic acids is 1. The van der Waals surface area contributed by atoms with Gasteiger partial charge in [0, 0.05) is 25.4 Å². The number of rotatable bonds is 9. The topological polar surface area (TPSA) is 51.2 Å². The number of hydrogen-bond acceptors (Lipinski definition) is 3. The number of carbonyl (C=O) groups is 1. The predicted octanol–water partition coefficient (Wildman–Crippen LogP) is 4.44. The molecule has 0 radical (unpaired) electrons. The van der Waals surface area contributed by atoms with Gasteiger partial charge in [0.2, 0.25) is 5.91 Å². The van der Waals surface area contributed by atoms with Crippen LogP contribution in [0.3, 0.4) is 0 Å². The van der Waals surface area contributed by atoms with E-state index in [9.17, 15) is 9.18 Å². The van der Waals surface area contributed by atoms with E-state index in [1.54, 1.807) is 18.5 Å². The Morgan fingerprint density at radius 3 is 2.50 bits per heavy atom. The third kappa shape index (κ3) is 6.50. The number of amides is 1. The summed E-state index contributed by atoms with van der Waals surface area (Å²) in [5, 5.41) is 2.92. The van der Waals surface area contributed by atoms with E-state index in [-0.39, 0.29) is 11.7 Å². The van der Waals surface area contributed by atoms with Crippen LogP contribution in [0.4, 0.5) is 4.39 Å². The third-order valence-corrected chi connectivity index (χ3v) is 4.33. The van der Waals surface area contributed by atoms with Gasteiger partial charge in [-0.05, 0) is 65.9 Å². The van der Waals surface area contributed by atoms with Gasteiger partial charge < -0.3 is 10.1 Å². The number of ether oxygens (including phenoxy) is 1. The third-order valence-electron chi connectivity index (χ3n) is 4.33. The number of nitrogens with one attached hydrogen (secondary N) is 1. The lowest BCUT2D eigenvalue weighted by atomic mass is 10.1. The van der Waals surface area contributed by atoms with Crippen molar-refractivity contribution in [3.8, 4) is 5.75 Å². The number of hydrogen-bond donors (Lipinski definition) is 1. The predicted molar refractivity (Wildman–Crippen MR) is 106 cm³/mol. The van der Waals surface area contributed by atoms with E-state index >= 15 is 0 Å². The minimum absolute atomic E-state index is 0.0480. The average molecular weight is 378 g/mol. The molecule has 4 nitrogen and oxygen atoms in total. The second-order valence-corrected chi connectivity index (χ2v) is 6.55. The Kier molecular flexibility index (Phi) is 7.13. The van der Waals surface area contributed by atoms with Crippen LogP contribution >= 0.6 is 0 Å². The fraction of sp³-hybridized carbons (Fsp3) is 0.217. The second kappa shape index (κ2) is 10.2. The molecule has 0 aliphatic carbocycles. The summed E-state index contributed by atoms with van der Waals surface area (Å²) in [6, 6.07) is 17.9. The zero-order valence-electron chi connectivity index (χ0n) is 15.6. The molecule has 0 saturated heterocycles. The van der Waals surface area contributed by atoms with Crippen molar-refractivity contribution in [2.45, 2.75) is 32.4 Å². The first-order valence-corrected chi connectivity index (χ1v) is 9.31. The molecule has 0 bridgehead atoms. The van der Waals surface area contributed by atoms with Gasteiger partial charge in [-0.1, -0.05) is 24.3 Å². The second-order valence-electron chi connectivity index (χ2n) is 6.55. The molecule has 1 amide bonds. The minimum atomic E-state index is -0.263. The maximum Gasteiger partial charge on any atom is 0.220 e. The Bertz CT molecular complexity index is 883. The molecule has 0 aliphatic heterocycles. The first-order valence-electron chi connectivity index (χ1n) is 9.31. The van der Waals surface area contributed by atoms with Gasteiger partial charge >= 0.3 is 0 Å². The number of pyridine rings is 1. The molecule has 2 aromatic carbocycles. The lowest BCUT2D eigenvalue weighted by Crippen LogP contribution is -2.22. The number of halogens is 1. The van der Waals surface area contributed by atoms with E-state index in [0.29, 0.717) is 19.6 Å². The highest BCUT2D eigenvalue weighted by atomic mass is 19.1. The number of aromatic nitrogens is 1. The molecule has 1 heterocycles. The summed E-state index contributed by atoms with van der Waals surface area (Å²) in [7, 11) is 0. The maximum atomic E-state index is 13.2. The van der Waals surface area contributed by atoms with Gasteiger partial charge in [-0.15, -0.1) is 0 Å². The van der Waals surface area contributed by atoms with Gasteiger partial charge in [0.25, 0.3) is 0 Å². The quantitative estimate of drug-likeness (QED) is 0.599. The molecular formula is C23H23FN2O2. The van der Waals surface area contributed by atoms with E-state index < -0.39 is 0 Å². The Morgan fingerprint density at radius 1 is 0.964 bits per heavy atom. The highest BCUT2D eigenvalue weighted by molar-refractivity contribution is 5.75.